The lowest BCUT2D eigenvalue weighted by Gasteiger charge is -2.39. The van der Waals surface area contributed by atoms with Gasteiger partial charge in [-0.15, -0.1) is 0 Å². The summed E-state index contributed by atoms with van der Waals surface area (Å²) in [7, 11) is 4.09. The molecule has 1 aliphatic rings. The molecule has 0 aliphatic carbocycles. The Labute approximate surface area is 97.9 Å². The largest absolute Gasteiger partial charge is 0.348 e. The molecule has 0 saturated carbocycles. The highest BCUT2D eigenvalue weighted by molar-refractivity contribution is 5.32. The minimum Gasteiger partial charge on any atom is -0.348 e. The van der Waals surface area contributed by atoms with Crippen molar-refractivity contribution in [2.24, 2.45) is 0 Å². The maximum absolute atomic E-state index is 4.48. The van der Waals surface area contributed by atoms with E-state index in [0.717, 1.165) is 25.6 Å². The molecular formula is C12H22N4. The number of hydrogen-bond acceptors (Lipinski definition) is 3. The van der Waals surface area contributed by atoms with Gasteiger partial charge < -0.3 is 9.47 Å². The van der Waals surface area contributed by atoms with Crippen molar-refractivity contribution < 1.29 is 0 Å². The molecule has 0 unspecified atom stereocenters. The van der Waals surface area contributed by atoms with Gasteiger partial charge in [0.05, 0.1) is 11.9 Å². The highest BCUT2D eigenvalue weighted by atomic mass is 15.3. The van der Waals surface area contributed by atoms with Crippen molar-refractivity contribution in [3.8, 4) is 0 Å². The van der Waals surface area contributed by atoms with Crippen molar-refractivity contribution in [2.45, 2.75) is 39.4 Å². The van der Waals surface area contributed by atoms with Gasteiger partial charge in [-0.1, -0.05) is 0 Å². The van der Waals surface area contributed by atoms with E-state index in [-0.39, 0.29) is 5.54 Å². The van der Waals surface area contributed by atoms with E-state index >= 15 is 0 Å². The first kappa shape index (κ1) is 11.5. The fourth-order valence-electron chi connectivity index (χ4n) is 2.19. The minimum absolute atomic E-state index is 0.244. The molecule has 1 aromatic heterocycles. The Balaban J connectivity index is 2.23. The van der Waals surface area contributed by atoms with Crippen molar-refractivity contribution >= 4 is 5.95 Å². The van der Waals surface area contributed by atoms with E-state index in [4.69, 9.17) is 0 Å². The second-order valence-corrected chi connectivity index (χ2v) is 5.69. The summed E-state index contributed by atoms with van der Waals surface area (Å²) in [5, 5.41) is 0. The van der Waals surface area contributed by atoms with Crippen LogP contribution in [-0.2, 0) is 13.1 Å². The zero-order valence-electron chi connectivity index (χ0n) is 11.0. The maximum atomic E-state index is 4.48. The number of fused-ring (bicyclic) bond motifs is 1. The Morgan fingerprint density at radius 2 is 1.94 bits per heavy atom. The molecule has 0 bridgehead atoms. The Kier molecular flexibility index (Phi) is 2.70. The van der Waals surface area contributed by atoms with E-state index in [2.05, 4.69) is 40.1 Å². The smallest absolute Gasteiger partial charge is 0.205 e. The van der Waals surface area contributed by atoms with Crippen LogP contribution < -0.4 is 4.90 Å². The van der Waals surface area contributed by atoms with Crippen LogP contribution in [0.4, 0.5) is 5.95 Å². The standard InChI is InChI=1S/C12H22N4/c1-12(2,3)15-6-7-16-10(9-15)8-13-11(16)14(4)5/h8H,6-7,9H2,1-5H3. The molecule has 0 N–H and O–H groups in total. The van der Waals surface area contributed by atoms with Crippen molar-refractivity contribution in [2.75, 3.05) is 25.5 Å². The topological polar surface area (TPSA) is 24.3 Å². The van der Waals surface area contributed by atoms with E-state index in [9.17, 15) is 0 Å². The normalized spacial score (nSPS) is 17.3. The lowest BCUT2D eigenvalue weighted by atomic mass is 10.0. The van der Waals surface area contributed by atoms with E-state index in [1.807, 2.05) is 20.3 Å². The third-order valence-electron chi connectivity index (χ3n) is 3.21. The molecule has 0 atom stereocenters. The first-order chi connectivity index (χ1) is 7.39. The zero-order valence-corrected chi connectivity index (χ0v) is 11.0. The van der Waals surface area contributed by atoms with Crippen molar-refractivity contribution in [3.63, 3.8) is 0 Å². The van der Waals surface area contributed by atoms with E-state index < -0.39 is 0 Å². The second-order valence-electron chi connectivity index (χ2n) is 5.69. The number of rotatable bonds is 1. The third-order valence-corrected chi connectivity index (χ3v) is 3.21. The van der Waals surface area contributed by atoms with Crippen LogP contribution in [0.1, 0.15) is 26.5 Å². The molecule has 2 rings (SSSR count). The molecule has 4 nitrogen and oxygen atoms in total. The summed E-state index contributed by atoms with van der Waals surface area (Å²) in [6, 6.07) is 0. The highest BCUT2D eigenvalue weighted by Gasteiger charge is 2.27. The molecule has 2 heterocycles. The van der Waals surface area contributed by atoms with Crippen LogP contribution in [0.2, 0.25) is 0 Å². The fourth-order valence-corrected chi connectivity index (χ4v) is 2.19. The molecule has 0 saturated heterocycles. The molecular weight excluding hydrogens is 200 g/mol. The van der Waals surface area contributed by atoms with Gasteiger partial charge in [-0.2, -0.15) is 0 Å². The van der Waals surface area contributed by atoms with Crippen LogP contribution in [0.3, 0.4) is 0 Å². The van der Waals surface area contributed by atoms with Gasteiger partial charge in [0.2, 0.25) is 5.95 Å². The molecule has 90 valence electrons. The third kappa shape index (κ3) is 1.94. The van der Waals surface area contributed by atoms with Crippen LogP contribution in [0.15, 0.2) is 6.20 Å². The average Bonchev–Trinajstić information content (AvgIpc) is 2.58. The highest BCUT2D eigenvalue weighted by Crippen LogP contribution is 2.24. The molecule has 0 fully saturated rings. The number of aromatic nitrogens is 2. The predicted molar refractivity (Wildman–Crippen MR) is 66.7 cm³/mol. The summed E-state index contributed by atoms with van der Waals surface area (Å²) in [5.41, 5.74) is 1.57. The van der Waals surface area contributed by atoms with Gasteiger partial charge in [-0.25, -0.2) is 4.98 Å². The summed E-state index contributed by atoms with van der Waals surface area (Å²) >= 11 is 0. The first-order valence-corrected chi connectivity index (χ1v) is 5.86. The quantitative estimate of drug-likeness (QED) is 0.721. The number of imidazole rings is 1. The summed E-state index contributed by atoms with van der Waals surface area (Å²) in [5.74, 6) is 1.07. The molecule has 0 aromatic carbocycles. The van der Waals surface area contributed by atoms with Gasteiger partial charge in [0.15, 0.2) is 0 Å². The molecule has 4 heteroatoms. The lowest BCUT2D eigenvalue weighted by Crippen LogP contribution is -2.45. The Bertz CT molecular complexity index is 373. The molecule has 1 aromatic rings. The van der Waals surface area contributed by atoms with Crippen molar-refractivity contribution in [1.82, 2.24) is 14.5 Å². The average molecular weight is 222 g/mol. The molecule has 0 amide bonds. The Morgan fingerprint density at radius 3 is 2.50 bits per heavy atom. The molecule has 16 heavy (non-hydrogen) atoms. The summed E-state index contributed by atoms with van der Waals surface area (Å²) in [4.78, 5) is 9.06. The molecule has 0 radical (unpaired) electrons. The summed E-state index contributed by atoms with van der Waals surface area (Å²) < 4.78 is 2.32. The van der Waals surface area contributed by atoms with Gasteiger partial charge in [0, 0.05) is 39.3 Å². The number of nitrogens with zero attached hydrogens (tertiary/aromatic N) is 4. The van der Waals surface area contributed by atoms with Crippen LogP contribution in [0.25, 0.3) is 0 Å². The van der Waals surface area contributed by atoms with Gasteiger partial charge in [-0.3, -0.25) is 4.90 Å². The van der Waals surface area contributed by atoms with Crippen LogP contribution in [0.5, 0.6) is 0 Å². The predicted octanol–water partition coefficient (Wildman–Crippen LogP) is 1.56. The van der Waals surface area contributed by atoms with Gasteiger partial charge in [-0.05, 0) is 20.8 Å². The zero-order chi connectivity index (χ0) is 11.9. The Morgan fingerprint density at radius 1 is 1.25 bits per heavy atom. The number of hydrogen-bond donors (Lipinski definition) is 0. The Hall–Kier alpha value is -1.03. The SMILES string of the molecule is CN(C)c1ncc2n1CCN(C(C)(C)C)C2. The van der Waals surface area contributed by atoms with Crippen LogP contribution in [0, 0.1) is 0 Å². The molecule has 1 aliphatic heterocycles. The van der Waals surface area contributed by atoms with Crippen LogP contribution >= 0.6 is 0 Å². The molecule has 0 spiro atoms. The van der Waals surface area contributed by atoms with Gasteiger partial charge in [0.25, 0.3) is 0 Å². The van der Waals surface area contributed by atoms with E-state index in [1.54, 1.807) is 0 Å². The minimum atomic E-state index is 0.244. The maximum Gasteiger partial charge on any atom is 0.205 e. The fraction of sp³-hybridized carbons (Fsp3) is 0.750. The van der Waals surface area contributed by atoms with Crippen molar-refractivity contribution in [3.05, 3.63) is 11.9 Å². The summed E-state index contributed by atoms with van der Waals surface area (Å²) in [6.45, 7) is 9.96. The van der Waals surface area contributed by atoms with Crippen molar-refractivity contribution in [1.29, 1.82) is 0 Å². The van der Waals surface area contributed by atoms with Gasteiger partial charge >= 0.3 is 0 Å². The van der Waals surface area contributed by atoms with E-state index in [0.29, 0.717) is 0 Å². The summed E-state index contributed by atoms with van der Waals surface area (Å²) in [6.07, 6.45) is 2.01. The van der Waals surface area contributed by atoms with E-state index in [1.165, 1.54) is 5.69 Å². The van der Waals surface area contributed by atoms with Gasteiger partial charge in [0.1, 0.15) is 0 Å². The number of anilines is 1. The van der Waals surface area contributed by atoms with Crippen LogP contribution in [-0.4, -0.2) is 40.6 Å². The monoisotopic (exact) mass is 222 g/mol. The lowest BCUT2D eigenvalue weighted by molar-refractivity contribution is 0.103. The second kappa shape index (κ2) is 3.77. The first-order valence-electron chi connectivity index (χ1n) is 5.86.